The van der Waals surface area contributed by atoms with Crippen molar-refractivity contribution >= 4 is 5.97 Å². The normalized spacial score (nSPS) is 38.9. The molecule has 31 heavy (non-hydrogen) atoms. The summed E-state index contributed by atoms with van der Waals surface area (Å²) in [4.78, 5) is 11.5. The van der Waals surface area contributed by atoms with Crippen LogP contribution in [0.3, 0.4) is 0 Å². The number of allylic oxidation sites excluding steroid dienone is 2. The van der Waals surface area contributed by atoms with Gasteiger partial charge < -0.3 is 4.74 Å². The number of carbonyl (C=O) groups excluding carboxylic acids is 1. The van der Waals surface area contributed by atoms with Gasteiger partial charge in [-0.3, -0.25) is 4.79 Å². The molecular formula is C29H36O2. The Labute approximate surface area is 187 Å². The van der Waals surface area contributed by atoms with Crippen LogP contribution in [-0.4, -0.2) is 12.1 Å². The van der Waals surface area contributed by atoms with Crippen LogP contribution in [0.2, 0.25) is 0 Å². The Balaban J connectivity index is 1.37. The minimum Gasteiger partial charge on any atom is -0.463 e. The van der Waals surface area contributed by atoms with Crippen molar-refractivity contribution in [3.63, 3.8) is 0 Å². The van der Waals surface area contributed by atoms with Crippen LogP contribution in [0, 0.1) is 40.4 Å². The summed E-state index contributed by atoms with van der Waals surface area (Å²) < 4.78 is 5.62. The van der Waals surface area contributed by atoms with Gasteiger partial charge in [0.15, 0.2) is 0 Å². The second kappa shape index (κ2) is 7.84. The average molecular weight is 417 g/mol. The molecule has 0 heterocycles. The monoisotopic (exact) mass is 416 g/mol. The fourth-order valence-corrected chi connectivity index (χ4v) is 7.70. The van der Waals surface area contributed by atoms with E-state index in [4.69, 9.17) is 4.74 Å². The van der Waals surface area contributed by atoms with Gasteiger partial charge in [0.1, 0.15) is 6.10 Å². The van der Waals surface area contributed by atoms with Crippen molar-refractivity contribution in [2.45, 2.75) is 84.7 Å². The second-order valence-electron chi connectivity index (χ2n) is 11.0. The Bertz CT molecular complexity index is 948. The Morgan fingerprint density at radius 3 is 2.61 bits per heavy atom. The molecular weight excluding hydrogens is 380 g/mol. The van der Waals surface area contributed by atoms with Crippen molar-refractivity contribution < 1.29 is 9.53 Å². The maximum Gasteiger partial charge on any atom is 0.302 e. The Kier molecular flexibility index (Phi) is 5.28. The third-order valence-electron chi connectivity index (χ3n) is 9.33. The zero-order valence-corrected chi connectivity index (χ0v) is 19.4. The van der Waals surface area contributed by atoms with E-state index in [9.17, 15) is 4.79 Å². The molecule has 0 amide bonds. The van der Waals surface area contributed by atoms with Crippen LogP contribution < -0.4 is 0 Å². The Hall–Kier alpha value is -2.01. The molecule has 2 nitrogen and oxygen atoms in total. The van der Waals surface area contributed by atoms with E-state index in [1.54, 1.807) is 18.1 Å². The van der Waals surface area contributed by atoms with E-state index in [2.05, 4.69) is 56.0 Å². The number of fused-ring (bicyclic) bond motifs is 4. The fourth-order valence-electron chi connectivity index (χ4n) is 7.70. The lowest BCUT2D eigenvalue weighted by Gasteiger charge is -2.57. The quantitative estimate of drug-likeness (QED) is 0.289. The lowest BCUT2D eigenvalue weighted by Crippen LogP contribution is -2.49. The molecule has 0 saturated heterocycles. The number of ether oxygens (including phenoxy) is 1. The summed E-state index contributed by atoms with van der Waals surface area (Å²) in [6, 6.07) is 10.4. The van der Waals surface area contributed by atoms with Gasteiger partial charge in [0, 0.05) is 12.5 Å². The molecule has 0 N–H and O–H groups in total. The maximum absolute atomic E-state index is 11.5. The van der Waals surface area contributed by atoms with Gasteiger partial charge in [-0.25, -0.2) is 0 Å². The Morgan fingerprint density at radius 1 is 1.03 bits per heavy atom. The number of rotatable bonds is 1. The van der Waals surface area contributed by atoms with Crippen LogP contribution >= 0.6 is 0 Å². The zero-order chi connectivity index (χ0) is 21.6. The summed E-state index contributed by atoms with van der Waals surface area (Å²) in [5.41, 5.74) is 5.06. The molecule has 2 fully saturated rings. The predicted octanol–water partition coefficient (Wildman–Crippen LogP) is 6.69. The molecule has 4 aliphatic carbocycles. The molecule has 164 valence electrons. The zero-order valence-electron chi connectivity index (χ0n) is 19.4. The molecule has 2 heteroatoms. The van der Waals surface area contributed by atoms with Crippen molar-refractivity contribution in [2.24, 2.45) is 28.6 Å². The van der Waals surface area contributed by atoms with E-state index < -0.39 is 0 Å². The molecule has 1 aromatic carbocycles. The molecule has 2 saturated carbocycles. The first kappa shape index (κ1) is 20.9. The second-order valence-corrected chi connectivity index (χ2v) is 11.0. The van der Waals surface area contributed by atoms with Crippen LogP contribution in [0.25, 0.3) is 0 Å². The third-order valence-corrected chi connectivity index (χ3v) is 9.33. The summed E-state index contributed by atoms with van der Waals surface area (Å²) in [5.74, 6) is 9.33. The lowest BCUT2D eigenvalue weighted by molar-refractivity contribution is -0.154. The molecule has 0 unspecified atom stereocenters. The maximum atomic E-state index is 11.5. The van der Waals surface area contributed by atoms with Crippen LogP contribution in [0.15, 0.2) is 41.5 Å². The topological polar surface area (TPSA) is 26.3 Å². The summed E-state index contributed by atoms with van der Waals surface area (Å²) in [6.45, 7) is 6.51. The summed E-state index contributed by atoms with van der Waals surface area (Å²) in [7, 11) is 0. The highest BCUT2D eigenvalue weighted by atomic mass is 16.5. The molecule has 0 bridgehead atoms. The first-order valence-electron chi connectivity index (χ1n) is 12.4. The molecule has 4 aliphatic rings. The summed E-state index contributed by atoms with van der Waals surface area (Å²) in [6.07, 6.45) is 11.1. The van der Waals surface area contributed by atoms with Crippen molar-refractivity contribution in [3.05, 3.63) is 47.0 Å². The summed E-state index contributed by atoms with van der Waals surface area (Å²) >= 11 is 0. The highest BCUT2D eigenvalue weighted by molar-refractivity contribution is 5.66. The van der Waals surface area contributed by atoms with Crippen LogP contribution in [0.1, 0.15) is 84.1 Å². The van der Waals surface area contributed by atoms with Gasteiger partial charge in [0.25, 0.3) is 0 Å². The van der Waals surface area contributed by atoms with Gasteiger partial charge in [0.2, 0.25) is 0 Å². The van der Waals surface area contributed by atoms with Crippen molar-refractivity contribution in [3.8, 4) is 11.8 Å². The first-order chi connectivity index (χ1) is 14.9. The molecule has 6 atom stereocenters. The number of esters is 1. The molecule has 0 aromatic heterocycles. The SMILES string of the molecule is CC(=O)O[C@@H]1CC[C@]2(C)[C@H](CC[C@H]3C4=C(CC[C@H]32)[C@](C)(C#Cc2ccccc2)CC4)C1. The predicted molar refractivity (Wildman–Crippen MR) is 124 cm³/mol. The molecule has 5 rings (SSSR count). The number of hydrogen-bond acceptors (Lipinski definition) is 2. The minimum atomic E-state index is -0.114. The summed E-state index contributed by atoms with van der Waals surface area (Å²) in [5, 5.41) is 0. The minimum absolute atomic E-state index is 0.0564. The standard InChI is InChI=1S/C29H36O2/c1-20(30)31-23-14-18-29(3)22(19-23)9-10-24-25-15-17-28(2,26(25)11-12-27(24)29)16-13-21-7-5-4-6-8-21/h4-8,22-24,27H,9-12,14-15,17-19H2,1-3H3/t22-,23-,24+,27-,28-,29-/m1/s1. The van der Waals surface area contributed by atoms with E-state index >= 15 is 0 Å². The average Bonchev–Trinajstić information content (AvgIpc) is 3.10. The van der Waals surface area contributed by atoms with Gasteiger partial charge in [-0.2, -0.15) is 0 Å². The number of hydrogen-bond donors (Lipinski definition) is 0. The van der Waals surface area contributed by atoms with E-state index in [0.717, 1.165) is 30.2 Å². The number of benzene rings is 1. The molecule has 0 radical (unpaired) electrons. The van der Waals surface area contributed by atoms with Crippen LogP contribution in [0.4, 0.5) is 0 Å². The van der Waals surface area contributed by atoms with Gasteiger partial charge >= 0.3 is 5.97 Å². The lowest BCUT2D eigenvalue weighted by atomic mass is 9.49. The highest BCUT2D eigenvalue weighted by Gasteiger charge is 2.54. The van der Waals surface area contributed by atoms with E-state index in [1.807, 2.05) is 0 Å². The molecule has 0 spiro atoms. The van der Waals surface area contributed by atoms with Gasteiger partial charge in [-0.1, -0.05) is 48.1 Å². The van der Waals surface area contributed by atoms with Crippen LogP contribution in [-0.2, 0) is 9.53 Å². The first-order valence-corrected chi connectivity index (χ1v) is 12.4. The van der Waals surface area contributed by atoms with Gasteiger partial charge in [-0.05, 0) is 100 Å². The van der Waals surface area contributed by atoms with E-state index in [0.29, 0.717) is 11.3 Å². The van der Waals surface area contributed by atoms with Crippen molar-refractivity contribution in [1.82, 2.24) is 0 Å². The van der Waals surface area contributed by atoms with Gasteiger partial charge in [-0.15, -0.1) is 0 Å². The van der Waals surface area contributed by atoms with Crippen molar-refractivity contribution in [1.29, 1.82) is 0 Å². The fraction of sp³-hybridized carbons (Fsp3) is 0.621. The van der Waals surface area contributed by atoms with Crippen molar-refractivity contribution in [2.75, 3.05) is 0 Å². The van der Waals surface area contributed by atoms with E-state index in [1.165, 1.54) is 44.9 Å². The number of carbonyl (C=O) groups is 1. The van der Waals surface area contributed by atoms with Gasteiger partial charge in [0.05, 0.1) is 5.41 Å². The largest absolute Gasteiger partial charge is 0.463 e. The van der Waals surface area contributed by atoms with E-state index in [-0.39, 0.29) is 17.5 Å². The third kappa shape index (κ3) is 3.65. The Morgan fingerprint density at radius 2 is 1.84 bits per heavy atom. The molecule has 0 aliphatic heterocycles. The molecule has 1 aromatic rings. The van der Waals surface area contributed by atoms with Crippen LogP contribution in [0.5, 0.6) is 0 Å². The highest BCUT2D eigenvalue weighted by Crippen LogP contribution is 2.63. The smallest absolute Gasteiger partial charge is 0.302 e.